The van der Waals surface area contributed by atoms with Crippen LogP contribution >= 0.6 is 0 Å². The molecule has 19 heavy (non-hydrogen) atoms. The molecule has 1 aromatic heterocycles. The van der Waals surface area contributed by atoms with Crippen molar-refractivity contribution in [2.24, 2.45) is 0 Å². The Morgan fingerprint density at radius 3 is 2.84 bits per heavy atom. The third-order valence-electron chi connectivity index (χ3n) is 3.28. The summed E-state index contributed by atoms with van der Waals surface area (Å²) in [5, 5.41) is 21.6. The van der Waals surface area contributed by atoms with E-state index in [0.29, 0.717) is 12.6 Å². The van der Waals surface area contributed by atoms with Gasteiger partial charge < -0.3 is 10.4 Å². The number of aliphatic hydroxyl groups excluding tert-OH is 1. The normalized spacial score (nSPS) is 16.5. The first-order chi connectivity index (χ1) is 9.31. The van der Waals surface area contributed by atoms with Crippen molar-refractivity contribution in [3.05, 3.63) is 47.8 Å². The zero-order valence-electron chi connectivity index (χ0n) is 10.7. The zero-order chi connectivity index (χ0) is 13.1. The highest BCUT2D eigenvalue weighted by Gasteiger charge is 2.20. The molecule has 5 heteroatoms. The fourth-order valence-corrected chi connectivity index (χ4v) is 2.00. The van der Waals surface area contributed by atoms with Crippen LogP contribution < -0.4 is 5.32 Å². The Balaban J connectivity index is 1.56. The van der Waals surface area contributed by atoms with Gasteiger partial charge in [-0.3, -0.25) is 0 Å². The molecule has 1 fully saturated rings. The fraction of sp³-hybridized carbons (Fsp3) is 0.429. The van der Waals surface area contributed by atoms with E-state index < -0.39 is 6.10 Å². The Morgan fingerprint density at radius 2 is 2.11 bits per heavy atom. The quantitative estimate of drug-likeness (QED) is 0.819. The van der Waals surface area contributed by atoms with Crippen molar-refractivity contribution in [1.82, 2.24) is 20.3 Å². The van der Waals surface area contributed by atoms with Gasteiger partial charge in [-0.2, -0.15) is 0 Å². The second-order valence-corrected chi connectivity index (χ2v) is 5.01. The van der Waals surface area contributed by atoms with Crippen molar-refractivity contribution < 1.29 is 5.11 Å². The number of rotatable bonds is 6. The highest BCUT2D eigenvalue weighted by molar-refractivity contribution is 5.17. The van der Waals surface area contributed by atoms with Gasteiger partial charge >= 0.3 is 0 Å². The van der Waals surface area contributed by atoms with E-state index in [1.165, 1.54) is 12.8 Å². The minimum absolute atomic E-state index is 0.431. The maximum absolute atomic E-state index is 10.1. The Kier molecular flexibility index (Phi) is 3.57. The van der Waals surface area contributed by atoms with Crippen molar-refractivity contribution in [2.75, 3.05) is 0 Å². The summed E-state index contributed by atoms with van der Waals surface area (Å²) in [7, 11) is 0. The topological polar surface area (TPSA) is 63.0 Å². The van der Waals surface area contributed by atoms with Crippen LogP contribution in [0.15, 0.2) is 36.5 Å². The van der Waals surface area contributed by atoms with E-state index in [9.17, 15) is 5.11 Å². The largest absolute Gasteiger partial charge is 0.386 e. The van der Waals surface area contributed by atoms with Crippen molar-refractivity contribution in [3.63, 3.8) is 0 Å². The number of hydrogen-bond acceptors (Lipinski definition) is 4. The van der Waals surface area contributed by atoms with Crippen LogP contribution in [-0.2, 0) is 13.1 Å². The second-order valence-electron chi connectivity index (χ2n) is 5.01. The van der Waals surface area contributed by atoms with Gasteiger partial charge in [-0.1, -0.05) is 35.5 Å². The van der Waals surface area contributed by atoms with E-state index in [-0.39, 0.29) is 0 Å². The van der Waals surface area contributed by atoms with Gasteiger partial charge in [-0.25, -0.2) is 4.68 Å². The summed E-state index contributed by atoms with van der Waals surface area (Å²) >= 11 is 0. The van der Waals surface area contributed by atoms with Gasteiger partial charge in [0, 0.05) is 18.8 Å². The van der Waals surface area contributed by atoms with Crippen LogP contribution in [-0.4, -0.2) is 26.1 Å². The molecule has 1 unspecified atom stereocenters. The highest BCUT2D eigenvalue weighted by atomic mass is 16.3. The molecule has 2 N–H and O–H groups in total. The van der Waals surface area contributed by atoms with Crippen molar-refractivity contribution >= 4 is 0 Å². The van der Waals surface area contributed by atoms with Gasteiger partial charge in [0.2, 0.25) is 0 Å². The van der Waals surface area contributed by atoms with Crippen LogP contribution in [0.1, 0.15) is 30.2 Å². The molecule has 1 saturated carbocycles. The van der Waals surface area contributed by atoms with Crippen LogP contribution in [0.4, 0.5) is 0 Å². The van der Waals surface area contributed by atoms with Crippen LogP contribution in [0.5, 0.6) is 0 Å². The first kappa shape index (κ1) is 12.3. The molecule has 1 aliphatic rings. The molecule has 100 valence electrons. The Morgan fingerprint density at radius 1 is 1.32 bits per heavy atom. The molecule has 1 heterocycles. The highest BCUT2D eigenvalue weighted by Crippen LogP contribution is 2.19. The lowest BCUT2D eigenvalue weighted by molar-refractivity contribution is 0.150. The SMILES string of the molecule is OC(Cn1cc(CNC2CC2)nn1)c1ccccc1. The third kappa shape index (κ3) is 3.39. The molecule has 0 radical (unpaired) electrons. The lowest BCUT2D eigenvalue weighted by Crippen LogP contribution is -2.15. The average Bonchev–Trinajstić information content (AvgIpc) is 3.17. The number of aliphatic hydroxyl groups is 1. The number of benzene rings is 1. The molecule has 2 aromatic rings. The lowest BCUT2D eigenvalue weighted by Gasteiger charge is -2.09. The number of nitrogens with one attached hydrogen (secondary N) is 1. The fourth-order valence-electron chi connectivity index (χ4n) is 2.00. The Labute approximate surface area is 112 Å². The molecule has 5 nitrogen and oxygen atoms in total. The van der Waals surface area contributed by atoms with E-state index in [4.69, 9.17) is 0 Å². The lowest BCUT2D eigenvalue weighted by atomic mass is 10.1. The molecule has 1 aromatic carbocycles. The van der Waals surface area contributed by atoms with E-state index in [0.717, 1.165) is 17.8 Å². The summed E-state index contributed by atoms with van der Waals surface area (Å²) in [5.41, 5.74) is 1.82. The predicted molar refractivity (Wildman–Crippen MR) is 71.3 cm³/mol. The number of aromatic nitrogens is 3. The predicted octanol–water partition coefficient (Wildman–Crippen LogP) is 1.26. The molecule has 0 amide bonds. The first-order valence-corrected chi connectivity index (χ1v) is 6.66. The van der Waals surface area contributed by atoms with Crippen LogP contribution in [0.2, 0.25) is 0 Å². The minimum Gasteiger partial charge on any atom is -0.386 e. The summed E-state index contributed by atoms with van der Waals surface area (Å²) in [5.74, 6) is 0. The van der Waals surface area contributed by atoms with E-state index in [1.807, 2.05) is 36.5 Å². The first-order valence-electron chi connectivity index (χ1n) is 6.66. The molecule has 0 saturated heterocycles. The van der Waals surface area contributed by atoms with Gasteiger partial charge in [0.25, 0.3) is 0 Å². The summed E-state index contributed by atoms with van der Waals surface area (Å²) in [6, 6.07) is 10.3. The Hall–Kier alpha value is -1.72. The maximum Gasteiger partial charge on any atom is 0.0986 e. The van der Waals surface area contributed by atoms with Crippen LogP contribution in [0.3, 0.4) is 0 Å². The Bertz CT molecular complexity index is 521. The van der Waals surface area contributed by atoms with E-state index in [2.05, 4.69) is 15.6 Å². The van der Waals surface area contributed by atoms with Crippen LogP contribution in [0, 0.1) is 0 Å². The number of hydrogen-bond donors (Lipinski definition) is 2. The smallest absolute Gasteiger partial charge is 0.0986 e. The minimum atomic E-state index is -0.549. The monoisotopic (exact) mass is 258 g/mol. The number of nitrogens with zero attached hydrogens (tertiary/aromatic N) is 3. The van der Waals surface area contributed by atoms with E-state index >= 15 is 0 Å². The molecule has 1 aliphatic carbocycles. The summed E-state index contributed by atoms with van der Waals surface area (Å²) < 4.78 is 1.70. The molecular formula is C14H18N4O. The zero-order valence-corrected chi connectivity index (χ0v) is 10.7. The van der Waals surface area contributed by atoms with Crippen molar-refractivity contribution in [2.45, 2.75) is 38.1 Å². The van der Waals surface area contributed by atoms with Crippen molar-refractivity contribution in [1.29, 1.82) is 0 Å². The molecule has 0 spiro atoms. The summed E-state index contributed by atoms with van der Waals surface area (Å²) in [6.45, 7) is 1.19. The average molecular weight is 258 g/mol. The summed E-state index contributed by atoms with van der Waals surface area (Å²) in [4.78, 5) is 0. The summed E-state index contributed by atoms with van der Waals surface area (Å²) in [6.07, 6.45) is 3.87. The third-order valence-corrected chi connectivity index (χ3v) is 3.28. The van der Waals surface area contributed by atoms with Gasteiger partial charge in [0.1, 0.15) is 0 Å². The van der Waals surface area contributed by atoms with Crippen LogP contribution in [0.25, 0.3) is 0 Å². The standard InChI is InChI=1S/C14H18N4O/c19-14(11-4-2-1-3-5-11)10-18-9-13(16-17-18)8-15-12-6-7-12/h1-5,9,12,14-15,19H,6-8,10H2. The molecule has 0 bridgehead atoms. The second kappa shape index (κ2) is 5.50. The molecular weight excluding hydrogens is 240 g/mol. The molecule has 0 aliphatic heterocycles. The van der Waals surface area contributed by atoms with Gasteiger partial charge in [-0.05, 0) is 18.4 Å². The van der Waals surface area contributed by atoms with Gasteiger partial charge in [0.05, 0.1) is 18.3 Å². The van der Waals surface area contributed by atoms with Gasteiger partial charge in [-0.15, -0.1) is 5.10 Å². The van der Waals surface area contributed by atoms with E-state index in [1.54, 1.807) is 4.68 Å². The van der Waals surface area contributed by atoms with Crippen molar-refractivity contribution in [3.8, 4) is 0 Å². The maximum atomic E-state index is 10.1. The van der Waals surface area contributed by atoms with Gasteiger partial charge in [0.15, 0.2) is 0 Å². The molecule has 1 atom stereocenters. The molecule has 3 rings (SSSR count).